The Kier molecular flexibility index (Phi) is 17.1. The van der Waals surface area contributed by atoms with Crippen molar-refractivity contribution in [2.75, 3.05) is 13.2 Å². The molecule has 0 aromatic heterocycles. The third-order valence-electron chi connectivity index (χ3n) is 4.11. The molecule has 3 nitrogen and oxygen atoms in total. The van der Waals surface area contributed by atoms with Gasteiger partial charge in [-0.25, -0.2) is 0 Å². The summed E-state index contributed by atoms with van der Waals surface area (Å²) in [6.45, 7) is 7.99. The molecule has 0 saturated carbocycles. The maximum Gasteiger partial charge on any atom is 0.134 e. The van der Waals surface area contributed by atoms with Crippen molar-refractivity contribution in [3.8, 4) is 0 Å². The van der Waals surface area contributed by atoms with E-state index in [-0.39, 0.29) is 6.23 Å². The number of hydrogen-bond donors (Lipinski definition) is 2. The van der Waals surface area contributed by atoms with Gasteiger partial charge in [0.15, 0.2) is 0 Å². The molecule has 0 fully saturated rings. The van der Waals surface area contributed by atoms with E-state index in [2.05, 4.69) is 19.2 Å². The fraction of sp³-hybridized carbons (Fsp3) is 1.00. The average Bonchev–Trinajstić information content (AvgIpc) is 2.50. The molecule has 0 saturated heterocycles. The minimum absolute atomic E-state index is 0.203. The lowest BCUT2D eigenvalue weighted by Crippen LogP contribution is -2.41. The zero-order chi connectivity index (χ0) is 16.5. The normalized spacial score (nSPS) is 14.2. The lowest BCUT2D eigenvalue weighted by molar-refractivity contribution is -0.0493. The summed E-state index contributed by atoms with van der Waals surface area (Å²) in [7, 11) is 0. The van der Waals surface area contributed by atoms with Gasteiger partial charge in [0.2, 0.25) is 0 Å². The average molecular weight is 316 g/mol. The summed E-state index contributed by atoms with van der Waals surface area (Å²) in [5.74, 6) is 0. The first kappa shape index (κ1) is 21.9. The minimum atomic E-state index is -0.444. The third kappa shape index (κ3) is 14.8. The van der Waals surface area contributed by atoms with Crippen molar-refractivity contribution in [2.45, 2.75) is 110 Å². The Hall–Kier alpha value is -0.120. The van der Waals surface area contributed by atoms with Gasteiger partial charge in [0.05, 0.1) is 6.10 Å². The summed E-state index contributed by atoms with van der Waals surface area (Å²) in [5, 5.41) is 13.1. The van der Waals surface area contributed by atoms with Crippen LogP contribution in [0.3, 0.4) is 0 Å². The van der Waals surface area contributed by atoms with Crippen LogP contribution in [0.15, 0.2) is 0 Å². The van der Waals surface area contributed by atoms with Crippen LogP contribution >= 0.6 is 0 Å². The first-order valence-corrected chi connectivity index (χ1v) is 9.75. The highest BCUT2D eigenvalue weighted by Gasteiger charge is 2.13. The Morgan fingerprint density at radius 2 is 1.27 bits per heavy atom. The van der Waals surface area contributed by atoms with Crippen LogP contribution < -0.4 is 5.32 Å². The van der Waals surface area contributed by atoms with E-state index in [9.17, 15) is 5.11 Å². The second-order valence-electron chi connectivity index (χ2n) is 6.52. The molecule has 2 unspecified atom stereocenters. The molecule has 2 N–H and O–H groups in total. The predicted molar refractivity (Wildman–Crippen MR) is 96.2 cm³/mol. The van der Waals surface area contributed by atoms with E-state index in [0.29, 0.717) is 0 Å². The SMILES string of the molecule is CCCCCCCCNC(OCCCCCCCC)C(C)O. The number of hydrogen-bond acceptors (Lipinski definition) is 3. The standard InChI is InChI=1S/C19H41NO2/c1-4-6-8-10-12-14-16-20-19(18(3)21)22-17-15-13-11-9-7-5-2/h18-21H,4-17H2,1-3H3. The summed E-state index contributed by atoms with van der Waals surface area (Å²) in [5.41, 5.74) is 0. The highest BCUT2D eigenvalue weighted by Crippen LogP contribution is 2.07. The summed E-state index contributed by atoms with van der Waals surface area (Å²) in [4.78, 5) is 0. The topological polar surface area (TPSA) is 41.5 Å². The van der Waals surface area contributed by atoms with Gasteiger partial charge >= 0.3 is 0 Å². The van der Waals surface area contributed by atoms with E-state index < -0.39 is 6.10 Å². The van der Waals surface area contributed by atoms with Crippen LogP contribution in [-0.2, 0) is 4.74 Å². The Labute approximate surface area is 139 Å². The van der Waals surface area contributed by atoms with Gasteiger partial charge in [0.1, 0.15) is 6.23 Å². The molecular weight excluding hydrogens is 274 g/mol. The van der Waals surface area contributed by atoms with Gasteiger partial charge in [-0.15, -0.1) is 0 Å². The molecule has 3 heteroatoms. The Bertz CT molecular complexity index is 192. The molecule has 0 aliphatic rings. The fourth-order valence-electron chi connectivity index (χ4n) is 2.61. The maximum absolute atomic E-state index is 9.77. The molecule has 134 valence electrons. The smallest absolute Gasteiger partial charge is 0.134 e. The number of nitrogens with one attached hydrogen (secondary N) is 1. The molecule has 0 heterocycles. The monoisotopic (exact) mass is 315 g/mol. The van der Waals surface area contributed by atoms with Gasteiger partial charge in [-0.05, 0) is 26.3 Å². The molecule has 0 aliphatic heterocycles. The van der Waals surface area contributed by atoms with Crippen LogP contribution in [0.5, 0.6) is 0 Å². The second-order valence-corrected chi connectivity index (χ2v) is 6.52. The van der Waals surface area contributed by atoms with Crippen molar-refractivity contribution < 1.29 is 9.84 Å². The number of ether oxygens (including phenoxy) is 1. The van der Waals surface area contributed by atoms with Gasteiger partial charge in [-0.1, -0.05) is 78.1 Å². The van der Waals surface area contributed by atoms with E-state index in [1.54, 1.807) is 6.92 Å². The van der Waals surface area contributed by atoms with Crippen molar-refractivity contribution >= 4 is 0 Å². The maximum atomic E-state index is 9.77. The zero-order valence-corrected chi connectivity index (χ0v) is 15.4. The largest absolute Gasteiger partial charge is 0.389 e. The summed E-state index contributed by atoms with van der Waals surface area (Å²) >= 11 is 0. The Morgan fingerprint density at radius 1 is 0.773 bits per heavy atom. The number of unbranched alkanes of at least 4 members (excludes halogenated alkanes) is 10. The fourth-order valence-corrected chi connectivity index (χ4v) is 2.61. The lowest BCUT2D eigenvalue weighted by atomic mass is 10.1. The summed E-state index contributed by atoms with van der Waals surface area (Å²) < 4.78 is 5.79. The molecular formula is C19H41NO2. The van der Waals surface area contributed by atoms with Crippen LogP contribution in [-0.4, -0.2) is 30.6 Å². The van der Waals surface area contributed by atoms with Crippen molar-refractivity contribution in [3.63, 3.8) is 0 Å². The Balaban J connectivity index is 3.49. The first-order chi connectivity index (χ1) is 10.7. The van der Waals surface area contributed by atoms with Gasteiger partial charge in [-0.3, -0.25) is 5.32 Å². The summed E-state index contributed by atoms with van der Waals surface area (Å²) in [6, 6.07) is 0. The minimum Gasteiger partial charge on any atom is -0.389 e. The van der Waals surface area contributed by atoms with Gasteiger partial charge in [-0.2, -0.15) is 0 Å². The van der Waals surface area contributed by atoms with E-state index in [1.165, 1.54) is 70.6 Å². The molecule has 0 spiro atoms. The number of aliphatic hydroxyl groups excluding tert-OH is 1. The van der Waals surface area contributed by atoms with Crippen molar-refractivity contribution in [2.24, 2.45) is 0 Å². The van der Waals surface area contributed by atoms with Crippen LogP contribution in [0.25, 0.3) is 0 Å². The third-order valence-corrected chi connectivity index (χ3v) is 4.11. The van der Waals surface area contributed by atoms with Crippen molar-refractivity contribution in [3.05, 3.63) is 0 Å². The lowest BCUT2D eigenvalue weighted by Gasteiger charge is -2.22. The van der Waals surface area contributed by atoms with Crippen LogP contribution in [0.1, 0.15) is 97.8 Å². The van der Waals surface area contributed by atoms with E-state index in [0.717, 1.165) is 19.6 Å². The van der Waals surface area contributed by atoms with Crippen molar-refractivity contribution in [1.82, 2.24) is 5.32 Å². The number of rotatable bonds is 17. The predicted octanol–water partition coefficient (Wildman–Crippen LogP) is 5.02. The number of aliphatic hydroxyl groups is 1. The van der Waals surface area contributed by atoms with Gasteiger partial charge in [0, 0.05) is 6.61 Å². The first-order valence-electron chi connectivity index (χ1n) is 9.75. The molecule has 0 aliphatic carbocycles. The Morgan fingerprint density at radius 3 is 1.82 bits per heavy atom. The van der Waals surface area contributed by atoms with Crippen LogP contribution in [0, 0.1) is 0 Å². The second kappa shape index (κ2) is 17.2. The van der Waals surface area contributed by atoms with Crippen molar-refractivity contribution in [1.29, 1.82) is 0 Å². The molecule has 0 amide bonds. The van der Waals surface area contributed by atoms with Crippen LogP contribution in [0.2, 0.25) is 0 Å². The molecule has 0 aromatic carbocycles. The van der Waals surface area contributed by atoms with Gasteiger partial charge < -0.3 is 9.84 Å². The van der Waals surface area contributed by atoms with E-state index in [4.69, 9.17) is 4.74 Å². The highest BCUT2D eigenvalue weighted by molar-refractivity contribution is 4.62. The zero-order valence-electron chi connectivity index (χ0n) is 15.4. The highest BCUT2D eigenvalue weighted by atomic mass is 16.5. The molecule has 22 heavy (non-hydrogen) atoms. The van der Waals surface area contributed by atoms with E-state index in [1.807, 2.05) is 0 Å². The molecule has 0 aromatic rings. The molecule has 0 rings (SSSR count). The quantitative estimate of drug-likeness (QED) is 0.292. The van der Waals surface area contributed by atoms with E-state index >= 15 is 0 Å². The van der Waals surface area contributed by atoms with Crippen LogP contribution in [0.4, 0.5) is 0 Å². The molecule has 0 radical (unpaired) electrons. The molecule has 0 bridgehead atoms. The summed E-state index contributed by atoms with van der Waals surface area (Å²) in [6.07, 6.45) is 14.8. The van der Waals surface area contributed by atoms with Gasteiger partial charge in [0.25, 0.3) is 0 Å². The molecule has 2 atom stereocenters.